The Morgan fingerprint density at radius 2 is 2.04 bits per heavy atom. The lowest BCUT2D eigenvalue weighted by Crippen LogP contribution is -2.27. The highest BCUT2D eigenvalue weighted by Crippen LogP contribution is 2.24. The van der Waals surface area contributed by atoms with Crippen molar-refractivity contribution in [2.24, 2.45) is 0 Å². The van der Waals surface area contributed by atoms with Crippen LogP contribution in [0.3, 0.4) is 0 Å². The van der Waals surface area contributed by atoms with Crippen molar-refractivity contribution in [3.8, 4) is 0 Å². The van der Waals surface area contributed by atoms with Crippen LogP contribution in [0.25, 0.3) is 0 Å². The molecule has 1 amide bonds. The van der Waals surface area contributed by atoms with Gasteiger partial charge in [-0.2, -0.15) is 0 Å². The van der Waals surface area contributed by atoms with Crippen LogP contribution in [0.5, 0.6) is 0 Å². The molecule has 23 heavy (non-hydrogen) atoms. The van der Waals surface area contributed by atoms with Gasteiger partial charge in [0.15, 0.2) is 0 Å². The highest BCUT2D eigenvalue weighted by atomic mass is 32.2. The minimum absolute atomic E-state index is 0.0815. The van der Waals surface area contributed by atoms with E-state index >= 15 is 0 Å². The first-order valence-corrected chi connectivity index (χ1v) is 9.11. The number of benzene rings is 1. The quantitative estimate of drug-likeness (QED) is 0.726. The SMILES string of the molecule is O=C(O)CCCCNC(=O)c1cccc(N2CCCS2(=O)=O)c1. The number of sulfonamides is 1. The average molecular weight is 340 g/mol. The summed E-state index contributed by atoms with van der Waals surface area (Å²) >= 11 is 0. The molecule has 1 saturated heterocycles. The van der Waals surface area contributed by atoms with Gasteiger partial charge in [-0.25, -0.2) is 8.42 Å². The Bertz CT molecular complexity index is 687. The van der Waals surface area contributed by atoms with Gasteiger partial charge in [-0.1, -0.05) is 6.07 Å². The predicted molar refractivity (Wildman–Crippen MR) is 86.0 cm³/mol. The molecule has 1 aliphatic rings. The van der Waals surface area contributed by atoms with Gasteiger partial charge in [0.1, 0.15) is 0 Å². The summed E-state index contributed by atoms with van der Waals surface area (Å²) in [5, 5.41) is 11.2. The summed E-state index contributed by atoms with van der Waals surface area (Å²) in [6.45, 7) is 0.820. The zero-order valence-corrected chi connectivity index (χ0v) is 13.5. The van der Waals surface area contributed by atoms with Crippen LogP contribution in [0.1, 0.15) is 36.0 Å². The van der Waals surface area contributed by atoms with E-state index in [2.05, 4.69) is 5.32 Å². The lowest BCUT2D eigenvalue weighted by molar-refractivity contribution is -0.137. The van der Waals surface area contributed by atoms with Gasteiger partial charge in [-0.05, 0) is 37.5 Å². The van der Waals surface area contributed by atoms with E-state index in [1.165, 1.54) is 4.31 Å². The van der Waals surface area contributed by atoms with Crippen molar-refractivity contribution in [3.05, 3.63) is 29.8 Å². The monoisotopic (exact) mass is 340 g/mol. The minimum atomic E-state index is -3.27. The molecule has 7 nitrogen and oxygen atoms in total. The summed E-state index contributed by atoms with van der Waals surface area (Å²) in [5.41, 5.74) is 0.892. The molecule has 1 aliphatic heterocycles. The number of hydrogen-bond acceptors (Lipinski definition) is 4. The molecule has 1 aromatic rings. The molecule has 0 saturated carbocycles. The standard InChI is InChI=1S/C15H20N2O5S/c18-14(19)7-1-2-8-16-15(20)12-5-3-6-13(11-12)17-9-4-10-23(17,21)22/h3,5-6,11H,1-2,4,7-10H2,(H,16,20)(H,18,19). The Morgan fingerprint density at radius 3 is 2.70 bits per heavy atom. The third kappa shape index (κ3) is 4.69. The molecule has 8 heteroatoms. The maximum absolute atomic E-state index is 12.1. The van der Waals surface area contributed by atoms with Crippen LogP contribution in [-0.4, -0.2) is 44.2 Å². The van der Waals surface area contributed by atoms with Gasteiger partial charge in [0.25, 0.3) is 5.91 Å². The molecular weight excluding hydrogens is 320 g/mol. The zero-order chi connectivity index (χ0) is 16.9. The van der Waals surface area contributed by atoms with Gasteiger partial charge >= 0.3 is 5.97 Å². The number of amides is 1. The predicted octanol–water partition coefficient (Wildman–Crippen LogP) is 1.21. The number of carbonyl (C=O) groups excluding carboxylic acids is 1. The lowest BCUT2D eigenvalue weighted by Gasteiger charge is -2.17. The second-order valence-corrected chi connectivity index (χ2v) is 7.41. The van der Waals surface area contributed by atoms with Gasteiger partial charge in [-0.3, -0.25) is 13.9 Å². The number of carboxylic acid groups (broad SMARTS) is 1. The molecular formula is C15H20N2O5S. The number of nitrogens with zero attached hydrogens (tertiary/aromatic N) is 1. The Hall–Kier alpha value is -2.09. The van der Waals surface area contributed by atoms with Crippen LogP contribution >= 0.6 is 0 Å². The van der Waals surface area contributed by atoms with Crippen molar-refractivity contribution >= 4 is 27.6 Å². The summed E-state index contributed by atoms with van der Waals surface area (Å²) in [5.74, 6) is -1.01. The van der Waals surface area contributed by atoms with Crippen LogP contribution in [0.2, 0.25) is 0 Å². The summed E-state index contributed by atoms with van der Waals surface area (Å²) in [6.07, 6.45) is 1.75. The summed E-state index contributed by atoms with van der Waals surface area (Å²) in [4.78, 5) is 22.5. The van der Waals surface area contributed by atoms with E-state index in [-0.39, 0.29) is 18.1 Å². The molecule has 2 N–H and O–H groups in total. The molecule has 0 aliphatic carbocycles. The average Bonchev–Trinajstić information content (AvgIpc) is 2.86. The van der Waals surface area contributed by atoms with Gasteiger partial charge in [0.2, 0.25) is 10.0 Å². The fourth-order valence-corrected chi connectivity index (χ4v) is 3.99. The van der Waals surface area contributed by atoms with Crippen molar-refractivity contribution < 1.29 is 23.1 Å². The molecule has 0 bridgehead atoms. The second-order valence-electron chi connectivity index (χ2n) is 5.40. The van der Waals surface area contributed by atoms with Crippen LogP contribution in [0.4, 0.5) is 5.69 Å². The first-order chi connectivity index (χ1) is 10.9. The van der Waals surface area contributed by atoms with Crippen molar-refractivity contribution in [1.29, 1.82) is 0 Å². The maximum atomic E-state index is 12.1. The molecule has 0 radical (unpaired) electrons. The number of nitrogens with one attached hydrogen (secondary N) is 1. The van der Waals surface area contributed by atoms with Crippen molar-refractivity contribution in [1.82, 2.24) is 5.32 Å². The Balaban J connectivity index is 1.94. The number of carboxylic acids is 1. The summed E-state index contributed by atoms with van der Waals surface area (Å²) in [7, 11) is -3.27. The topological polar surface area (TPSA) is 104 Å². The van der Waals surface area contributed by atoms with E-state index in [0.717, 1.165) is 0 Å². The Labute approximate surface area is 135 Å². The van der Waals surface area contributed by atoms with Crippen molar-refractivity contribution in [2.75, 3.05) is 23.1 Å². The van der Waals surface area contributed by atoms with E-state index in [0.29, 0.717) is 43.6 Å². The van der Waals surface area contributed by atoms with Gasteiger partial charge in [0.05, 0.1) is 11.4 Å². The van der Waals surface area contributed by atoms with Crippen molar-refractivity contribution in [2.45, 2.75) is 25.7 Å². The number of rotatable bonds is 7. The van der Waals surface area contributed by atoms with E-state index in [1.54, 1.807) is 24.3 Å². The highest BCUT2D eigenvalue weighted by Gasteiger charge is 2.28. The van der Waals surface area contributed by atoms with E-state index in [4.69, 9.17) is 5.11 Å². The Kier molecular flexibility index (Phi) is 5.59. The van der Waals surface area contributed by atoms with Crippen LogP contribution in [0, 0.1) is 0 Å². The number of carbonyl (C=O) groups is 2. The van der Waals surface area contributed by atoms with Crippen LogP contribution in [0.15, 0.2) is 24.3 Å². The van der Waals surface area contributed by atoms with Gasteiger partial charge in [-0.15, -0.1) is 0 Å². The van der Waals surface area contributed by atoms with Gasteiger partial charge < -0.3 is 10.4 Å². The zero-order valence-electron chi connectivity index (χ0n) is 12.7. The van der Waals surface area contributed by atoms with Crippen LogP contribution < -0.4 is 9.62 Å². The molecule has 0 unspecified atom stereocenters. The molecule has 1 heterocycles. The second kappa shape index (κ2) is 7.45. The number of anilines is 1. The molecule has 1 aromatic carbocycles. The van der Waals surface area contributed by atoms with Crippen LogP contribution in [-0.2, 0) is 14.8 Å². The van der Waals surface area contributed by atoms with Crippen molar-refractivity contribution in [3.63, 3.8) is 0 Å². The third-order valence-electron chi connectivity index (χ3n) is 3.60. The van der Waals surface area contributed by atoms with Gasteiger partial charge in [0, 0.05) is 25.1 Å². The Morgan fingerprint density at radius 1 is 1.26 bits per heavy atom. The molecule has 1 fully saturated rings. The number of hydrogen-bond donors (Lipinski definition) is 2. The first kappa shape index (κ1) is 17.3. The fraction of sp³-hybridized carbons (Fsp3) is 0.467. The fourth-order valence-electron chi connectivity index (χ4n) is 2.44. The largest absolute Gasteiger partial charge is 0.481 e. The normalized spacial score (nSPS) is 16.3. The molecule has 0 aromatic heterocycles. The minimum Gasteiger partial charge on any atom is -0.481 e. The first-order valence-electron chi connectivity index (χ1n) is 7.50. The summed E-state index contributed by atoms with van der Waals surface area (Å²) < 4.78 is 25.2. The van der Waals surface area contributed by atoms with E-state index in [1.807, 2.05) is 0 Å². The third-order valence-corrected chi connectivity index (χ3v) is 5.47. The van der Waals surface area contributed by atoms with E-state index in [9.17, 15) is 18.0 Å². The molecule has 2 rings (SSSR count). The molecule has 126 valence electrons. The smallest absolute Gasteiger partial charge is 0.303 e. The lowest BCUT2D eigenvalue weighted by atomic mass is 10.1. The number of unbranched alkanes of at least 4 members (excludes halogenated alkanes) is 1. The molecule has 0 atom stereocenters. The molecule has 0 spiro atoms. The summed E-state index contributed by atoms with van der Waals surface area (Å²) in [6, 6.07) is 6.52. The van der Waals surface area contributed by atoms with E-state index < -0.39 is 16.0 Å². The maximum Gasteiger partial charge on any atom is 0.303 e. The highest BCUT2D eigenvalue weighted by molar-refractivity contribution is 7.93. The number of aliphatic carboxylic acids is 1.